The van der Waals surface area contributed by atoms with Crippen molar-refractivity contribution in [3.8, 4) is 0 Å². The van der Waals surface area contributed by atoms with Gasteiger partial charge in [0.1, 0.15) is 0 Å². The third kappa shape index (κ3) is 3.00. The lowest BCUT2D eigenvalue weighted by atomic mass is 9.71. The summed E-state index contributed by atoms with van der Waals surface area (Å²) in [7, 11) is 0. The Labute approximate surface area is 144 Å². The van der Waals surface area contributed by atoms with E-state index in [1.54, 1.807) is 0 Å². The highest BCUT2D eigenvalue weighted by Gasteiger charge is 2.54. The molecule has 3 heteroatoms. The first-order valence-corrected chi connectivity index (χ1v) is 8.59. The fourth-order valence-corrected chi connectivity index (χ4v) is 4.01. The molecule has 0 saturated heterocycles. The second-order valence-corrected chi connectivity index (χ2v) is 7.84. The highest BCUT2D eigenvalue weighted by molar-refractivity contribution is 5.44. The van der Waals surface area contributed by atoms with Crippen LogP contribution in [0.3, 0.4) is 0 Å². The first-order valence-electron chi connectivity index (χ1n) is 8.59. The predicted molar refractivity (Wildman–Crippen MR) is 97.0 cm³/mol. The lowest BCUT2D eigenvalue weighted by Gasteiger charge is -2.34. The van der Waals surface area contributed by atoms with Crippen molar-refractivity contribution in [1.82, 2.24) is 5.32 Å². The third-order valence-electron chi connectivity index (χ3n) is 4.98. The maximum Gasteiger partial charge on any atom is 0.0964 e. The average Bonchev–Trinajstić information content (AvgIpc) is 2.81. The molecule has 2 aromatic rings. The highest BCUT2D eigenvalue weighted by Crippen LogP contribution is 2.47. The van der Waals surface area contributed by atoms with Gasteiger partial charge in [-0.3, -0.25) is 0 Å². The number of aliphatic hydroxyl groups is 2. The van der Waals surface area contributed by atoms with E-state index in [1.165, 1.54) is 0 Å². The van der Waals surface area contributed by atoms with Crippen LogP contribution in [0.25, 0.3) is 0 Å². The molecule has 1 aliphatic rings. The standard InChI is InChI=1S/C21H27NO2/c1-20(2,3)22-17-14-21(19(24)18(17)23,15-10-6-4-7-11-15)16-12-8-5-9-13-16/h4-13,17-19,22-24H,14H2,1-3H3/t17?,18?,19-/m0/s1. The van der Waals surface area contributed by atoms with Crippen molar-refractivity contribution in [2.24, 2.45) is 0 Å². The Morgan fingerprint density at radius 2 is 1.33 bits per heavy atom. The van der Waals surface area contributed by atoms with Crippen molar-refractivity contribution in [3.05, 3.63) is 71.8 Å². The van der Waals surface area contributed by atoms with Crippen LogP contribution in [-0.2, 0) is 5.41 Å². The van der Waals surface area contributed by atoms with Crippen molar-refractivity contribution in [2.45, 2.75) is 56.4 Å². The Balaban J connectivity index is 2.10. The Morgan fingerprint density at radius 3 is 1.75 bits per heavy atom. The van der Waals surface area contributed by atoms with Gasteiger partial charge in [0.05, 0.1) is 17.6 Å². The topological polar surface area (TPSA) is 52.5 Å². The molecule has 0 aliphatic heterocycles. The zero-order valence-corrected chi connectivity index (χ0v) is 14.6. The zero-order chi connectivity index (χ0) is 17.4. The summed E-state index contributed by atoms with van der Waals surface area (Å²) in [6, 6.07) is 19.9. The highest BCUT2D eigenvalue weighted by atomic mass is 16.3. The van der Waals surface area contributed by atoms with Gasteiger partial charge in [-0.25, -0.2) is 0 Å². The first kappa shape index (κ1) is 17.2. The lowest BCUT2D eigenvalue weighted by Crippen LogP contribution is -2.49. The molecule has 3 nitrogen and oxygen atoms in total. The molecule has 3 N–H and O–H groups in total. The fraction of sp³-hybridized carbons (Fsp3) is 0.429. The molecule has 128 valence electrons. The number of rotatable bonds is 3. The summed E-state index contributed by atoms with van der Waals surface area (Å²) in [6.07, 6.45) is -1.02. The van der Waals surface area contributed by atoms with Crippen LogP contribution < -0.4 is 5.32 Å². The van der Waals surface area contributed by atoms with Gasteiger partial charge in [0.2, 0.25) is 0 Å². The van der Waals surface area contributed by atoms with Crippen LogP contribution in [0.1, 0.15) is 38.3 Å². The minimum atomic E-state index is -0.859. The van der Waals surface area contributed by atoms with Gasteiger partial charge in [0.15, 0.2) is 0 Å². The number of benzene rings is 2. The van der Waals surface area contributed by atoms with E-state index < -0.39 is 17.6 Å². The van der Waals surface area contributed by atoms with Gasteiger partial charge < -0.3 is 15.5 Å². The molecule has 1 fully saturated rings. The summed E-state index contributed by atoms with van der Waals surface area (Å²) in [5.74, 6) is 0. The van der Waals surface area contributed by atoms with Crippen LogP contribution in [0.15, 0.2) is 60.7 Å². The van der Waals surface area contributed by atoms with Gasteiger partial charge in [-0.15, -0.1) is 0 Å². The summed E-state index contributed by atoms with van der Waals surface area (Å²) in [5.41, 5.74) is 1.35. The molecule has 1 saturated carbocycles. The van der Waals surface area contributed by atoms with Crippen LogP contribution >= 0.6 is 0 Å². The Morgan fingerprint density at radius 1 is 0.875 bits per heavy atom. The van der Waals surface area contributed by atoms with Crippen LogP contribution in [0, 0.1) is 0 Å². The first-order chi connectivity index (χ1) is 11.3. The van der Waals surface area contributed by atoms with Crippen molar-refractivity contribution < 1.29 is 10.2 Å². The van der Waals surface area contributed by atoms with Crippen LogP contribution in [0.4, 0.5) is 0 Å². The van der Waals surface area contributed by atoms with E-state index in [4.69, 9.17) is 0 Å². The maximum atomic E-state index is 11.1. The summed E-state index contributed by atoms with van der Waals surface area (Å²) in [5, 5.41) is 25.3. The molecule has 3 atom stereocenters. The monoisotopic (exact) mass is 325 g/mol. The minimum Gasteiger partial charge on any atom is -0.389 e. The van der Waals surface area contributed by atoms with Gasteiger partial charge >= 0.3 is 0 Å². The fourth-order valence-electron chi connectivity index (χ4n) is 4.01. The van der Waals surface area contributed by atoms with E-state index in [0.717, 1.165) is 11.1 Å². The van der Waals surface area contributed by atoms with E-state index in [9.17, 15) is 10.2 Å². The van der Waals surface area contributed by atoms with E-state index in [-0.39, 0.29) is 11.6 Å². The van der Waals surface area contributed by atoms with Gasteiger partial charge in [-0.2, -0.15) is 0 Å². The van der Waals surface area contributed by atoms with Crippen LogP contribution in [0.2, 0.25) is 0 Å². The molecule has 0 radical (unpaired) electrons. The van der Waals surface area contributed by atoms with Gasteiger partial charge in [-0.05, 0) is 38.3 Å². The van der Waals surface area contributed by atoms with Crippen molar-refractivity contribution in [3.63, 3.8) is 0 Å². The normalized spacial score (nSPS) is 26.5. The Bertz CT molecular complexity index is 624. The lowest BCUT2D eigenvalue weighted by molar-refractivity contribution is 0.00617. The molecule has 0 spiro atoms. The smallest absolute Gasteiger partial charge is 0.0964 e. The average molecular weight is 325 g/mol. The van der Waals surface area contributed by atoms with Crippen molar-refractivity contribution in [1.29, 1.82) is 0 Å². The molecule has 1 aliphatic carbocycles. The Hall–Kier alpha value is -1.68. The summed E-state index contributed by atoms with van der Waals surface area (Å²) >= 11 is 0. The minimum absolute atomic E-state index is 0.130. The van der Waals surface area contributed by atoms with Crippen molar-refractivity contribution >= 4 is 0 Å². The van der Waals surface area contributed by atoms with Gasteiger partial charge in [-0.1, -0.05) is 60.7 Å². The van der Waals surface area contributed by atoms with E-state index >= 15 is 0 Å². The number of hydrogen-bond acceptors (Lipinski definition) is 3. The largest absolute Gasteiger partial charge is 0.389 e. The van der Waals surface area contributed by atoms with Crippen molar-refractivity contribution in [2.75, 3.05) is 0 Å². The summed E-state index contributed by atoms with van der Waals surface area (Å²) in [6.45, 7) is 6.24. The molecule has 2 aromatic carbocycles. The molecule has 0 aromatic heterocycles. The second kappa shape index (κ2) is 6.32. The van der Waals surface area contributed by atoms with E-state index in [2.05, 4.69) is 26.1 Å². The number of nitrogens with one attached hydrogen (secondary N) is 1. The molecule has 3 rings (SSSR count). The SMILES string of the molecule is CC(C)(C)NC1CC(c2ccccc2)(c2ccccc2)[C@@H](O)C1O. The molecular formula is C21H27NO2. The maximum absolute atomic E-state index is 11.1. The van der Waals surface area contributed by atoms with E-state index in [0.29, 0.717) is 6.42 Å². The molecular weight excluding hydrogens is 298 g/mol. The summed E-state index contributed by atoms with van der Waals surface area (Å²) in [4.78, 5) is 0. The molecule has 0 heterocycles. The zero-order valence-electron chi connectivity index (χ0n) is 14.6. The Kier molecular flexibility index (Phi) is 4.52. The predicted octanol–water partition coefficient (Wildman–Crippen LogP) is 2.85. The quantitative estimate of drug-likeness (QED) is 0.813. The number of aliphatic hydroxyl groups excluding tert-OH is 2. The molecule has 0 bridgehead atoms. The van der Waals surface area contributed by atoms with Crippen LogP contribution in [0.5, 0.6) is 0 Å². The molecule has 2 unspecified atom stereocenters. The van der Waals surface area contributed by atoms with E-state index in [1.807, 2.05) is 60.7 Å². The number of hydrogen-bond donors (Lipinski definition) is 3. The second-order valence-electron chi connectivity index (χ2n) is 7.84. The van der Waals surface area contributed by atoms with Gasteiger partial charge in [0.25, 0.3) is 0 Å². The van der Waals surface area contributed by atoms with Crippen LogP contribution in [-0.4, -0.2) is 34.0 Å². The summed E-state index contributed by atoms with van der Waals surface area (Å²) < 4.78 is 0. The third-order valence-corrected chi connectivity index (χ3v) is 4.98. The molecule has 24 heavy (non-hydrogen) atoms. The van der Waals surface area contributed by atoms with Gasteiger partial charge in [0, 0.05) is 11.6 Å². The molecule has 0 amide bonds.